The van der Waals surface area contributed by atoms with Crippen LogP contribution in [0.15, 0.2) is 24.3 Å². The highest BCUT2D eigenvalue weighted by molar-refractivity contribution is 5.64. The van der Waals surface area contributed by atoms with Gasteiger partial charge in [-0.1, -0.05) is 25.5 Å². The molecular weight excluding hydrogens is 262 g/mol. The van der Waals surface area contributed by atoms with E-state index in [4.69, 9.17) is 14.7 Å². The predicted octanol–water partition coefficient (Wildman–Crippen LogP) is 3.10. The zero-order valence-electron chi connectivity index (χ0n) is 12.6. The summed E-state index contributed by atoms with van der Waals surface area (Å²) < 4.78 is 5.71. The van der Waals surface area contributed by atoms with Crippen LogP contribution in [0.25, 0.3) is 11.4 Å². The molecule has 0 saturated heterocycles. The Kier molecular flexibility index (Phi) is 4.15. The minimum Gasteiger partial charge on any atom is -0.493 e. The number of rotatable bonds is 5. The number of aryl methyl sites for hydroxylation is 1. The van der Waals surface area contributed by atoms with Gasteiger partial charge in [0.15, 0.2) is 5.82 Å². The van der Waals surface area contributed by atoms with Crippen molar-refractivity contribution in [1.82, 2.24) is 15.3 Å². The third-order valence-corrected chi connectivity index (χ3v) is 3.69. The van der Waals surface area contributed by atoms with E-state index >= 15 is 0 Å². The molecule has 4 nitrogen and oxygen atoms in total. The molecule has 2 heterocycles. The Hall–Kier alpha value is -1.94. The number of nitrogens with zero attached hydrogens (tertiary/aromatic N) is 2. The second-order valence-corrected chi connectivity index (χ2v) is 5.20. The van der Waals surface area contributed by atoms with E-state index in [9.17, 15) is 0 Å². The van der Waals surface area contributed by atoms with E-state index < -0.39 is 0 Å². The lowest BCUT2D eigenvalue weighted by atomic mass is 10.1. The van der Waals surface area contributed by atoms with Crippen LogP contribution >= 0.6 is 0 Å². The van der Waals surface area contributed by atoms with E-state index in [1.165, 1.54) is 11.3 Å². The summed E-state index contributed by atoms with van der Waals surface area (Å²) in [5.74, 6) is 1.64. The highest BCUT2D eigenvalue weighted by Gasteiger charge is 2.20. The molecule has 0 fully saturated rings. The molecule has 0 aliphatic carbocycles. The van der Waals surface area contributed by atoms with Crippen LogP contribution in [0.3, 0.4) is 0 Å². The molecule has 0 radical (unpaired) electrons. The Bertz CT molecular complexity index is 640. The van der Waals surface area contributed by atoms with Crippen molar-refractivity contribution in [2.45, 2.75) is 39.8 Å². The van der Waals surface area contributed by atoms with E-state index in [0.717, 1.165) is 48.8 Å². The molecule has 4 heteroatoms. The van der Waals surface area contributed by atoms with Crippen LogP contribution in [0.4, 0.5) is 0 Å². The summed E-state index contributed by atoms with van der Waals surface area (Å²) >= 11 is 0. The van der Waals surface area contributed by atoms with Crippen molar-refractivity contribution in [2.24, 2.45) is 0 Å². The van der Waals surface area contributed by atoms with Crippen molar-refractivity contribution in [3.8, 4) is 17.1 Å². The van der Waals surface area contributed by atoms with Crippen LogP contribution in [0.5, 0.6) is 5.75 Å². The number of nitrogens with one attached hydrogen (secondary N) is 1. The summed E-state index contributed by atoms with van der Waals surface area (Å²) in [7, 11) is 0. The maximum absolute atomic E-state index is 5.71. The van der Waals surface area contributed by atoms with Crippen molar-refractivity contribution in [3.63, 3.8) is 0 Å². The molecule has 0 unspecified atom stereocenters. The lowest BCUT2D eigenvalue weighted by molar-refractivity contribution is 0.341. The summed E-state index contributed by atoms with van der Waals surface area (Å²) in [6.45, 7) is 6.54. The Labute approximate surface area is 125 Å². The molecule has 1 aliphatic heterocycles. The minimum absolute atomic E-state index is 0.644. The Morgan fingerprint density at radius 2 is 2.00 bits per heavy atom. The first-order valence-corrected chi connectivity index (χ1v) is 7.65. The van der Waals surface area contributed by atoms with Gasteiger partial charge >= 0.3 is 0 Å². The molecule has 0 saturated carbocycles. The first-order valence-electron chi connectivity index (χ1n) is 7.65. The lowest BCUT2D eigenvalue weighted by Gasteiger charge is -2.12. The monoisotopic (exact) mass is 283 g/mol. The van der Waals surface area contributed by atoms with Gasteiger partial charge in [0.2, 0.25) is 0 Å². The zero-order chi connectivity index (χ0) is 14.7. The second kappa shape index (κ2) is 6.22. The van der Waals surface area contributed by atoms with Gasteiger partial charge in [-0.3, -0.25) is 0 Å². The molecule has 0 amide bonds. The van der Waals surface area contributed by atoms with Crippen molar-refractivity contribution < 1.29 is 4.74 Å². The summed E-state index contributed by atoms with van der Waals surface area (Å²) in [5.41, 5.74) is 4.57. The van der Waals surface area contributed by atoms with E-state index in [1.807, 2.05) is 31.2 Å². The molecular formula is C17H21N3O. The second-order valence-electron chi connectivity index (χ2n) is 5.20. The Morgan fingerprint density at radius 3 is 2.81 bits per heavy atom. The minimum atomic E-state index is 0.644. The average Bonchev–Trinajstić information content (AvgIpc) is 2.97. The number of hydrogen-bond acceptors (Lipinski definition) is 4. The molecule has 1 aliphatic rings. The lowest BCUT2D eigenvalue weighted by Crippen LogP contribution is -2.04. The van der Waals surface area contributed by atoms with E-state index in [-0.39, 0.29) is 0 Å². The maximum atomic E-state index is 5.71. The first kappa shape index (κ1) is 14.0. The highest BCUT2D eigenvalue weighted by atomic mass is 16.5. The van der Waals surface area contributed by atoms with E-state index in [0.29, 0.717) is 6.61 Å². The number of fused-ring (bicyclic) bond motifs is 1. The number of ether oxygens (including phenoxy) is 1. The topological polar surface area (TPSA) is 47.0 Å². The number of benzene rings is 1. The van der Waals surface area contributed by atoms with Gasteiger partial charge in [0.25, 0.3) is 0 Å². The molecule has 0 bridgehead atoms. The third-order valence-electron chi connectivity index (χ3n) is 3.69. The van der Waals surface area contributed by atoms with E-state index in [2.05, 4.69) is 12.2 Å². The maximum Gasteiger partial charge on any atom is 0.163 e. The van der Waals surface area contributed by atoms with Gasteiger partial charge in [-0.15, -0.1) is 0 Å². The van der Waals surface area contributed by atoms with Crippen LogP contribution in [0.1, 0.15) is 37.2 Å². The van der Waals surface area contributed by atoms with Crippen molar-refractivity contribution in [1.29, 1.82) is 0 Å². The fraction of sp³-hybridized carbons (Fsp3) is 0.412. The van der Waals surface area contributed by atoms with Crippen molar-refractivity contribution >= 4 is 0 Å². The molecule has 0 atom stereocenters. The normalized spacial score (nSPS) is 13.2. The summed E-state index contributed by atoms with van der Waals surface area (Å²) in [5, 5.41) is 3.37. The standard InChI is InChI=1S/C17H21N3O/c1-3-7-14-13-10-18-11-15(13)20-17(19-14)12-8-5-6-9-16(12)21-4-2/h5-6,8-9,18H,3-4,7,10-11H2,1-2H3. The third kappa shape index (κ3) is 2.76. The quantitative estimate of drug-likeness (QED) is 0.916. The largest absolute Gasteiger partial charge is 0.493 e. The zero-order valence-corrected chi connectivity index (χ0v) is 12.6. The molecule has 1 aromatic carbocycles. The molecule has 21 heavy (non-hydrogen) atoms. The fourth-order valence-electron chi connectivity index (χ4n) is 2.74. The van der Waals surface area contributed by atoms with Crippen LogP contribution in [-0.2, 0) is 19.5 Å². The smallest absolute Gasteiger partial charge is 0.163 e. The summed E-state index contributed by atoms with van der Waals surface area (Å²) in [6, 6.07) is 8.00. The van der Waals surface area contributed by atoms with Crippen LogP contribution in [-0.4, -0.2) is 16.6 Å². The van der Waals surface area contributed by atoms with Crippen LogP contribution in [0.2, 0.25) is 0 Å². The SMILES string of the molecule is CCCc1nc(-c2ccccc2OCC)nc2c1CNC2. The average molecular weight is 283 g/mol. The Balaban J connectivity index is 2.09. The van der Waals surface area contributed by atoms with Gasteiger partial charge in [-0.25, -0.2) is 9.97 Å². The van der Waals surface area contributed by atoms with Gasteiger partial charge in [0.1, 0.15) is 5.75 Å². The van der Waals surface area contributed by atoms with Crippen LogP contribution < -0.4 is 10.1 Å². The van der Waals surface area contributed by atoms with E-state index in [1.54, 1.807) is 0 Å². The molecule has 2 aromatic rings. The molecule has 1 N–H and O–H groups in total. The number of para-hydroxylation sites is 1. The van der Waals surface area contributed by atoms with Gasteiger partial charge in [0.05, 0.1) is 17.9 Å². The molecule has 0 spiro atoms. The van der Waals surface area contributed by atoms with Gasteiger partial charge in [-0.2, -0.15) is 0 Å². The summed E-state index contributed by atoms with van der Waals surface area (Å²) in [6.07, 6.45) is 2.09. The fourth-order valence-corrected chi connectivity index (χ4v) is 2.74. The molecule has 110 valence electrons. The molecule has 3 rings (SSSR count). The van der Waals surface area contributed by atoms with Crippen LogP contribution in [0, 0.1) is 0 Å². The van der Waals surface area contributed by atoms with Crippen molar-refractivity contribution in [3.05, 3.63) is 41.2 Å². The van der Waals surface area contributed by atoms with Crippen molar-refractivity contribution in [2.75, 3.05) is 6.61 Å². The molecule has 1 aromatic heterocycles. The van der Waals surface area contributed by atoms with Gasteiger partial charge < -0.3 is 10.1 Å². The highest BCUT2D eigenvalue weighted by Crippen LogP contribution is 2.29. The number of aromatic nitrogens is 2. The van der Waals surface area contributed by atoms with Gasteiger partial charge in [-0.05, 0) is 25.5 Å². The predicted molar refractivity (Wildman–Crippen MR) is 83.2 cm³/mol. The number of hydrogen-bond donors (Lipinski definition) is 1. The Morgan fingerprint density at radius 1 is 1.14 bits per heavy atom. The summed E-state index contributed by atoms with van der Waals surface area (Å²) in [4.78, 5) is 9.57. The van der Waals surface area contributed by atoms with Gasteiger partial charge in [0, 0.05) is 24.3 Å². The first-order chi connectivity index (χ1) is 10.3.